The van der Waals surface area contributed by atoms with Crippen LogP contribution < -0.4 is 10.2 Å². The predicted molar refractivity (Wildman–Crippen MR) is 118 cm³/mol. The smallest absolute Gasteiger partial charge is 0.255 e. The lowest BCUT2D eigenvalue weighted by Crippen LogP contribution is -2.50. The molecule has 2 saturated heterocycles. The Bertz CT molecular complexity index is 1050. The lowest BCUT2D eigenvalue weighted by molar-refractivity contribution is 0.102. The van der Waals surface area contributed by atoms with Crippen molar-refractivity contribution in [2.45, 2.75) is 18.9 Å². The van der Waals surface area contributed by atoms with Gasteiger partial charge in [0.1, 0.15) is 5.82 Å². The van der Waals surface area contributed by atoms with Crippen LogP contribution in [0.5, 0.6) is 0 Å². The molecule has 2 aliphatic heterocycles. The molecule has 29 heavy (non-hydrogen) atoms. The average Bonchev–Trinajstić information content (AvgIpc) is 3.21. The molecule has 1 aromatic heterocycles. The molecule has 0 aliphatic carbocycles. The first kappa shape index (κ1) is 18.4. The van der Waals surface area contributed by atoms with Gasteiger partial charge in [-0.2, -0.15) is 0 Å². The van der Waals surface area contributed by atoms with E-state index in [4.69, 9.17) is 16.6 Å². The van der Waals surface area contributed by atoms with E-state index in [0.717, 1.165) is 41.9 Å². The molecule has 1 amide bonds. The Hall–Kier alpha value is -2.63. The highest BCUT2D eigenvalue weighted by Gasteiger charge is 2.31. The first-order chi connectivity index (χ1) is 14.2. The zero-order chi connectivity index (χ0) is 19.8. The van der Waals surface area contributed by atoms with Crippen molar-refractivity contribution in [3.05, 3.63) is 65.3 Å². The van der Waals surface area contributed by atoms with Crippen LogP contribution in [0.2, 0.25) is 5.02 Å². The molecule has 6 heteroatoms. The first-order valence-corrected chi connectivity index (χ1v) is 10.5. The van der Waals surface area contributed by atoms with Crippen molar-refractivity contribution in [2.24, 2.45) is 0 Å². The highest BCUT2D eigenvalue weighted by atomic mass is 35.5. The Labute approximate surface area is 175 Å². The number of rotatable bonds is 3. The van der Waals surface area contributed by atoms with Gasteiger partial charge in [0, 0.05) is 53.5 Å². The molecule has 2 aliphatic rings. The van der Waals surface area contributed by atoms with Crippen LogP contribution >= 0.6 is 11.6 Å². The zero-order valence-electron chi connectivity index (χ0n) is 16.1. The SMILES string of the molecule is O=C(Nc1ccc2ccnc(N3CCN4CCC[C@H]4C3)c2c1)c1ccc(Cl)cc1. The summed E-state index contributed by atoms with van der Waals surface area (Å²) in [5, 5.41) is 5.83. The number of benzene rings is 2. The summed E-state index contributed by atoms with van der Waals surface area (Å²) in [6.07, 6.45) is 4.44. The molecular formula is C23H23ClN4O. The topological polar surface area (TPSA) is 48.5 Å². The van der Waals surface area contributed by atoms with E-state index < -0.39 is 0 Å². The van der Waals surface area contributed by atoms with Crippen LogP contribution in [0.4, 0.5) is 11.5 Å². The number of hydrogen-bond acceptors (Lipinski definition) is 4. The van der Waals surface area contributed by atoms with Crippen LogP contribution in [-0.4, -0.2) is 48.0 Å². The largest absolute Gasteiger partial charge is 0.353 e. The van der Waals surface area contributed by atoms with Gasteiger partial charge in [0.15, 0.2) is 0 Å². The molecule has 0 bridgehead atoms. The van der Waals surface area contributed by atoms with E-state index >= 15 is 0 Å². The Kier molecular flexibility index (Phi) is 4.86. The number of carbonyl (C=O) groups is 1. The van der Waals surface area contributed by atoms with Crippen molar-refractivity contribution in [1.29, 1.82) is 0 Å². The standard InChI is InChI=1S/C23H23ClN4O/c24-18-6-3-17(4-7-18)23(29)26-19-8-5-16-9-10-25-22(21(16)14-19)28-13-12-27-11-1-2-20(27)15-28/h3-10,14,20H,1-2,11-13,15H2,(H,26,29)/t20-/m0/s1. The first-order valence-electron chi connectivity index (χ1n) is 10.1. The van der Waals surface area contributed by atoms with Crippen LogP contribution in [0.25, 0.3) is 10.8 Å². The van der Waals surface area contributed by atoms with Gasteiger partial charge in [-0.15, -0.1) is 0 Å². The number of pyridine rings is 1. The summed E-state index contributed by atoms with van der Waals surface area (Å²) >= 11 is 5.92. The van der Waals surface area contributed by atoms with Gasteiger partial charge in [0.2, 0.25) is 0 Å². The highest BCUT2D eigenvalue weighted by molar-refractivity contribution is 6.30. The number of anilines is 2. The molecule has 5 nitrogen and oxygen atoms in total. The molecule has 3 heterocycles. The summed E-state index contributed by atoms with van der Waals surface area (Å²) in [5.74, 6) is 0.864. The van der Waals surface area contributed by atoms with E-state index in [1.54, 1.807) is 24.3 Å². The minimum absolute atomic E-state index is 0.147. The van der Waals surface area contributed by atoms with Crippen LogP contribution in [0.1, 0.15) is 23.2 Å². The summed E-state index contributed by atoms with van der Waals surface area (Å²) in [5.41, 5.74) is 1.35. The van der Waals surface area contributed by atoms with Crippen molar-refractivity contribution >= 4 is 39.8 Å². The lowest BCUT2D eigenvalue weighted by atomic mass is 10.1. The summed E-state index contributed by atoms with van der Waals surface area (Å²) < 4.78 is 0. The Morgan fingerprint density at radius 2 is 1.93 bits per heavy atom. The number of piperazine rings is 1. The summed E-state index contributed by atoms with van der Waals surface area (Å²) in [6, 6.07) is 15.6. The van der Waals surface area contributed by atoms with Crippen molar-refractivity contribution in [1.82, 2.24) is 9.88 Å². The van der Waals surface area contributed by atoms with Crippen molar-refractivity contribution in [3.63, 3.8) is 0 Å². The minimum Gasteiger partial charge on any atom is -0.353 e. The molecule has 2 fully saturated rings. The van der Waals surface area contributed by atoms with Crippen LogP contribution in [0.15, 0.2) is 54.7 Å². The van der Waals surface area contributed by atoms with Gasteiger partial charge >= 0.3 is 0 Å². The molecule has 0 unspecified atom stereocenters. The fraction of sp³-hybridized carbons (Fsp3) is 0.304. The van der Waals surface area contributed by atoms with E-state index in [9.17, 15) is 4.79 Å². The van der Waals surface area contributed by atoms with Crippen molar-refractivity contribution in [2.75, 3.05) is 36.4 Å². The maximum absolute atomic E-state index is 12.6. The van der Waals surface area contributed by atoms with Gasteiger partial charge in [0.05, 0.1) is 0 Å². The second kappa shape index (κ2) is 7.65. The molecule has 0 saturated carbocycles. The molecule has 1 N–H and O–H groups in total. The Balaban J connectivity index is 1.42. The molecule has 3 aromatic rings. The van der Waals surface area contributed by atoms with Gasteiger partial charge in [-0.05, 0) is 67.2 Å². The van der Waals surface area contributed by atoms with Gasteiger partial charge in [-0.25, -0.2) is 4.98 Å². The number of hydrogen-bond donors (Lipinski definition) is 1. The molecule has 148 valence electrons. The Morgan fingerprint density at radius 1 is 1.07 bits per heavy atom. The van der Waals surface area contributed by atoms with Gasteiger partial charge < -0.3 is 10.2 Å². The van der Waals surface area contributed by atoms with Crippen molar-refractivity contribution in [3.8, 4) is 0 Å². The van der Waals surface area contributed by atoms with Crippen LogP contribution in [-0.2, 0) is 0 Å². The van der Waals surface area contributed by atoms with E-state index in [1.165, 1.54) is 19.4 Å². The third-order valence-electron chi connectivity index (χ3n) is 6.00. The molecule has 0 radical (unpaired) electrons. The second-order valence-corrected chi connectivity index (χ2v) is 8.25. The fourth-order valence-corrected chi connectivity index (χ4v) is 4.60. The van der Waals surface area contributed by atoms with Gasteiger partial charge in [-0.3, -0.25) is 9.69 Å². The number of nitrogens with one attached hydrogen (secondary N) is 1. The number of nitrogens with zero attached hydrogens (tertiary/aromatic N) is 3. The molecule has 2 aromatic carbocycles. The van der Waals surface area contributed by atoms with Crippen LogP contribution in [0, 0.1) is 0 Å². The number of amides is 1. The van der Waals surface area contributed by atoms with Gasteiger partial charge in [-0.1, -0.05) is 17.7 Å². The molecular weight excluding hydrogens is 384 g/mol. The predicted octanol–water partition coefficient (Wildman–Crippen LogP) is 4.42. The third-order valence-corrected chi connectivity index (χ3v) is 6.25. The van der Waals surface area contributed by atoms with Crippen molar-refractivity contribution < 1.29 is 4.79 Å². The fourth-order valence-electron chi connectivity index (χ4n) is 4.47. The minimum atomic E-state index is -0.147. The lowest BCUT2D eigenvalue weighted by Gasteiger charge is -2.38. The number of halogens is 1. The molecule has 5 rings (SSSR count). The summed E-state index contributed by atoms with van der Waals surface area (Å²) in [7, 11) is 0. The number of carbonyl (C=O) groups excluding carboxylic acids is 1. The van der Waals surface area contributed by atoms with E-state index in [-0.39, 0.29) is 5.91 Å². The van der Waals surface area contributed by atoms with E-state index in [1.807, 2.05) is 30.5 Å². The summed E-state index contributed by atoms with van der Waals surface area (Å²) in [4.78, 5) is 22.3. The maximum Gasteiger partial charge on any atom is 0.255 e. The molecule has 1 atom stereocenters. The van der Waals surface area contributed by atoms with Crippen LogP contribution in [0.3, 0.4) is 0 Å². The third kappa shape index (κ3) is 3.68. The molecule has 0 spiro atoms. The second-order valence-electron chi connectivity index (χ2n) is 7.81. The van der Waals surface area contributed by atoms with E-state index in [0.29, 0.717) is 16.6 Å². The quantitative estimate of drug-likeness (QED) is 0.699. The number of aromatic nitrogens is 1. The average molecular weight is 407 g/mol. The highest BCUT2D eigenvalue weighted by Crippen LogP contribution is 2.31. The summed E-state index contributed by atoms with van der Waals surface area (Å²) in [6.45, 7) is 4.33. The maximum atomic E-state index is 12.6. The number of fused-ring (bicyclic) bond motifs is 2. The van der Waals surface area contributed by atoms with E-state index in [2.05, 4.69) is 15.1 Å². The van der Waals surface area contributed by atoms with Gasteiger partial charge in [0.25, 0.3) is 5.91 Å². The normalized spacial score (nSPS) is 19.3. The zero-order valence-corrected chi connectivity index (χ0v) is 16.9. The monoisotopic (exact) mass is 406 g/mol. The Morgan fingerprint density at radius 3 is 2.79 bits per heavy atom.